The molecule has 2 rings (SSSR count). The predicted molar refractivity (Wildman–Crippen MR) is 76.5 cm³/mol. The highest BCUT2D eigenvalue weighted by Gasteiger charge is 2.21. The summed E-state index contributed by atoms with van der Waals surface area (Å²) in [5, 5.41) is 6.28. The lowest BCUT2D eigenvalue weighted by molar-refractivity contribution is 0.0951. The van der Waals surface area contributed by atoms with Gasteiger partial charge in [-0.05, 0) is 32.9 Å². The van der Waals surface area contributed by atoms with Crippen LogP contribution >= 0.6 is 0 Å². The minimum absolute atomic E-state index is 0.111. The first-order valence-electron chi connectivity index (χ1n) is 6.85. The van der Waals surface area contributed by atoms with Gasteiger partial charge in [0.2, 0.25) is 0 Å². The molecule has 1 aliphatic heterocycles. The standard InChI is InChI=1S/C14H22N4O/c1-4-15-14(19)13-7-12(5-6-16-13)18-8-10(2)17-11(3)9-18/h5-7,10-11,17H,4,8-9H2,1-3H3,(H,15,19). The summed E-state index contributed by atoms with van der Waals surface area (Å²) >= 11 is 0. The van der Waals surface area contributed by atoms with Crippen molar-refractivity contribution in [1.82, 2.24) is 15.6 Å². The van der Waals surface area contributed by atoms with E-state index < -0.39 is 0 Å². The zero-order chi connectivity index (χ0) is 13.8. The fourth-order valence-corrected chi connectivity index (χ4v) is 2.53. The highest BCUT2D eigenvalue weighted by Crippen LogP contribution is 2.18. The molecule has 104 valence electrons. The minimum atomic E-state index is -0.111. The molecule has 1 amide bonds. The van der Waals surface area contributed by atoms with Crippen LogP contribution in [0.1, 0.15) is 31.3 Å². The van der Waals surface area contributed by atoms with Crippen LogP contribution in [-0.4, -0.2) is 42.6 Å². The third-order valence-electron chi connectivity index (χ3n) is 3.24. The molecule has 0 aliphatic carbocycles. The fourth-order valence-electron chi connectivity index (χ4n) is 2.53. The highest BCUT2D eigenvalue weighted by molar-refractivity contribution is 5.93. The Kier molecular flexibility index (Phi) is 4.37. The van der Waals surface area contributed by atoms with Crippen LogP contribution in [0.15, 0.2) is 18.3 Å². The quantitative estimate of drug-likeness (QED) is 0.854. The molecule has 5 nitrogen and oxygen atoms in total. The lowest BCUT2D eigenvalue weighted by atomic mass is 10.1. The Morgan fingerprint density at radius 1 is 1.47 bits per heavy atom. The van der Waals surface area contributed by atoms with Crippen LogP contribution in [0.5, 0.6) is 0 Å². The molecule has 0 spiro atoms. The van der Waals surface area contributed by atoms with E-state index in [1.54, 1.807) is 6.20 Å². The predicted octanol–water partition coefficient (Wildman–Crippen LogP) is 1.02. The van der Waals surface area contributed by atoms with Crippen LogP contribution in [0.4, 0.5) is 5.69 Å². The van der Waals surface area contributed by atoms with Gasteiger partial charge in [-0.15, -0.1) is 0 Å². The largest absolute Gasteiger partial charge is 0.368 e. The number of nitrogens with one attached hydrogen (secondary N) is 2. The van der Waals surface area contributed by atoms with Gasteiger partial charge in [0.05, 0.1) is 0 Å². The number of aromatic nitrogens is 1. The van der Waals surface area contributed by atoms with E-state index in [2.05, 4.69) is 34.4 Å². The van der Waals surface area contributed by atoms with E-state index in [0.717, 1.165) is 18.8 Å². The van der Waals surface area contributed by atoms with E-state index in [-0.39, 0.29) is 5.91 Å². The van der Waals surface area contributed by atoms with Gasteiger partial charge in [0.1, 0.15) is 5.69 Å². The number of amides is 1. The van der Waals surface area contributed by atoms with E-state index in [1.807, 2.05) is 19.1 Å². The second-order valence-electron chi connectivity index (χ2n) is 5.13. The average molecular weight is 262 g/mol. The van der Waals surface area contributed by atoms with Crippen molar-refractivity contribution in [1.29, 1.82) is 0 Å². The first kappa shape index (κ1) is 13.8. The number of rotatable bonds is 3. The zero-order valence-corrected chi connectivity index (χ0v) is 11.8. The number of pyridine rings is 1. The Labute approximate surface area is 114 Å². The van der Waals surface area contributed by atoms with Gasteiger partial charge in [-0.2, -0.15) is 0 Å². The maximum Gasteiger partial charge on any atom is 0.269 e. The molecule has 19 heavy (non-hydrogen) atoms. The lowest BCUT2D eigenvalue weighted by Crippen LogP contribution is -2.54. The van der Waals surface area contributed by atoms with Crippen LogP contribution in [0.25, 0.3) is 0 Å². The van der Waals surface area contributed by atoms with Crippen molar-refractivity contribution in [3.05, 3.63) is 24.0 Å². The smallest absolute Gasteiger partial charge is 0.269 e. The number of hydrogen-bond acceptors (Lipinski definition) is 4. The molecule has 2 N–H and O–H groups in total. The van der Waals surface area contributed by atoms with Crippen LogP contribution in [0, 0.1) is 0 Å². The average Bonchev–Trinajstić information content (AvgIpc) is 2.38. The monoisotopic (exact) mass is 262 g/mol. The van der Waals surface area contributed by atoms with Gasteiger partial charge in [0.25, 0.3) is 5.91 Å². The van der Waals surface area contributed by atoms with Gasteiger partial charge in [-0.1, -0.05) is 0 Å². The SMILES string of the molecule is CCNC(=O)c1cc(N2CC(C)NC(C)C2)ccn1. The van der Waals surface area contributed by atoms with E-state index in [9.17, 15) is 4.79 Å². The topological polar surface area (TPSA) is 57.3 Å². The zero-order valence-electron chi connectivity index (χ0n) is 11.8. The Hall–Kier alpha value is -1.62. The van der Waals surface area contributed by atoms with Gasteiger partial charge >= 0.3 is 0 Å². The maximum absolute atomic E-state index is 11.8. The second-order valence-corrected chi connectivity index (χ2v) is 5.13. The summed E-state index contributed by atoms with van der Waals surface area (Å²) in [6.45, 7) is 8.77. The molecular formula is C14H22N4O. The van der Waals surface area contributed by atoms with Gasteiger partial charge < -0.3 is 15.5 Å². The lowest BCUT2D eigenvalue weighted by Gasteiger charge is -2.37. The third kappa shape index (κ3) is 3.44. The number of nitrogens with zero attached hydrogens (tertiary/aromatic N) is 2. The number of hydrogen-bond donors (Lipinski definition) is 2. The normalized spacial score (nSPS) is 23.2. The molecule has 2 atom stereocenters. The van der Waals surface area contributed by atoms with Crippen LogP contribution in [0.2, 0.25) is 0 Å². The molecule has 1 aromatic rings. The summed E-state index contributed by atoms with van der Waals surface area (Å²) in [5.41, 5.74) is 1.55. The van der Waals surface area contributed by atoms with Crippen molar-refractivity contribution in [3.8, 4) is 0 Å². The number of piperazine rings is 1. The molecule has 0 bridgehead atoms. The van der Waals surface area contributed by atoms with E-state index in [1.165, 1.54) is 0 Å². The number of carbonyl (C=O) groups is 1. The molecule has 1 aromatic heterocycles. The maximum atomic E-state index is 11.8. The number of carbonyl (C=O) groups excluding carboxylic acids is 1. The molecule has 5 heteroatoms. The molecule has 2 heterocycles. The summed E-state index contributed by atoms with van der Waals surface area (Å²) in [7, 11) is 0. The van der Waals surface area contributed by atoms with Gasteiger partial charge in [0.15, 0.2) is 0 Å². The van der Waals surface area contributed by atoms with Crippen molar-refractivity contribution >= 4 is 11.6 Å². The molecule has 0 saturated carbocycles. The Balaban J connectivity index is 2.16. The Morgan fingerprint density at radius 3 is 2.79 bits per heavy atom. The van der Waals surface area contributed by atoms with Crippen molar-refractivity contribution in [2.75, 3.05) is 24.5 Å². The summed E-state index contributed by atoms with van der Waals surface area (Å²) in [6.07, 6.45) is 1.71. The van der Waals surface area contributed by atoms with Crippen molar-refractivity contribution < 1.29 is 4.79 Å². The molecule has 0 radical (unpaired) electrons. The fraction of sp³-hybridized carbons (Fsp3) is 0.571. The molecular weight excluding hydrogens is 240 g/mol. The van der Waals surface area contributed by atoms with E-state index in [0.29, 0.717) is 24.3 Å². The molecule has 1 aliphatic rings. The molecule has 1 fully saturated rings. The molecule has 2 unspecified atom stereocenters. The van der Waals surface area contributed by atoms with Crippen LogP contribution in [0.3, 0.4) is 0 Å². The van der Waals surface area contributed by atoms with Gasteiger partial charge in [-0.25, -0.2) is 0 Å². The molecule has 0 aromatic carbocycles. The summed E-state index contributed by atoms with van der Waals surface area (Å²) in [4.78, 5) is 18.2. The van der Waals surface area contributed by atoms with Gasteiger partial charge in [0, 0.05) is 43.6 Å². The Bertz CT molecular complexity index is 439. The van der Waals surface area contributed by atoms with Crippen LogP contribution in [-0.2, 0) is 0 Å². The minimum Gasteiger partial charge on any atom is -0.368 e. The first-order chi connectivity index (χ1) is 9.10. The third-order valence-corrected chi connectivity index (χ3v) is 3.24. The Morgan fingerprint density at radius 2 is 2.16 bits per heavy atom. The molecule has 1 saturated heterocycles. The van der Waals surface area contributed by atoms with Crippen LogP contribution < -0.4 is 15.5 Å². The van der Waals surface area contributed by atoms with E-state index >= 15 is 0 Å². The summed E-state index contributed by atoms with van der Waals surface area (Å²) < 4.78 is 0. The number of anilines is 1. The van der Waals surface area contributed by atoms with Gasteiger partial charge in [-0.3, -0.25) is 9.78 Å². The highest BCUT2D eigenvalue weighted by atomic mass is 16.1. The van der Waals surface area contributed by atoms with Crippen molar-refractivity contribution in [2.45, 2.75) is 32.9 Å². The first-order valence-corrected chi connectivity index (χ1v) is 6.85. The second kappa shape index (κ2) is 6.02. The summed E-state index contributed by atoms with van der Waals surface area (Å²) in [5.74, 6) is -0.111. The van der Waals surface area contributed by atoms with E-state index in [4.69, 9.17) is 0 Å². The summed E-state index contributed by atoms with van der Waals surface area (Å²) in [6, 6.07) is 4.73. The van der Waals surface area contributed by atoms with Crippen molar-refractivity contribution in [2.24, 2.45) is 0 Å². The van der Waals surface area contributed by atoms with Crippen molar-refractivity contribution in [3.63, 3.8) is 0 Å².